The van der Waals surface area contributed by atoms with E-state index in [0.717, 1.165) is 27.1 Å². The van der Waals surface area contributed by atoms with Crippen molar-refractivity contribution in [3.8, 4) is 5.75 Å². The van der Waals surface area contributed by atoms with E-state index in [9.17, 15) is 4.79 Å². The van der Waals surface area contributed by atoms with Gasteiger partial charge in [0, 0.05) is 40.2 Å². The van der Waals surface area contributed by atoms with Crippen LogP contribution in [0, 0.1) is 0 Å². The largest absolute Gasteiger partial charge is 0.497 e. The van der Waals surface area contributed by atoms with Gasteiger partial charge in [-0.1, -0.05) is 24.3 Å². The lowest BCUT2D eigenvalue weighted by Crippen LogP contribution is -2.31. The topological polar surface area (TPSA) is 45.3 Å². The molecule has 0 fully saturated rings. The number of hydrogen-bond acceptors (Lipinski definition) is 3. The molecule has 0 spiro atoms. The minimum atomic E-state index is -0.157. The molecule has 0 unspecified atom stereocenters. The van der Waals surface area contributed by atoms with Crippen molar-refractivity contribution in [2.24, 2.45) is 0 Å². The molecule has 0 saturated carbocycles. The number of ether oxygens (including phenoxy) is 1. The van der Waals surface area contributed by atoms with E-state index >= 15 is 0 Å². The van der Waals surface area contributed by atoms with E-state index in [0.29, 0.717) is 5.56 Å². The highest BCUT2D eigenvalue weighted by atomic mass is 32.1. The summed E-state index contributed by atoms with van der Waals surface area (Å²) in [5, 5.41) is 3.17. The normalized spacial score (nSPS) is 12.1. The van der Waals surface area contributed by atoms with E-state index in [2.05, 4.69) is 23.2 Å². The number of nitrogens with zero attached hydrogens (tertiary/aromatic N) is 1. The summed E-state index contributed by atoms with van der Waals surface area (Å²) in [5.74, 6) is 0.710. The van der Waals surface area contributed by atoms with Crippen molar-refractivity contribution in [2.75, 3.05) is 14.2 Å². The van der Waals surface area contributed by atoms with E-state index in [-0.39, 0.29) is 11.9 Å². The van der Waals surface area contributed by atoms with Gasteiger partial charge in [0.1, 0.15) is 5.75 Å². The van der Waals surface area contributed by atoms with Gasteiger partial charge in [-0.25, -0.2) is 0 Å². The monoisotopic (exact) mass is 376 g/mol. The van der Waals surface area contributed by atoms with Crippen molar-refractivity contribution in [1.82, 2.24) is 9.88 Å². The molecule has 1 amide bonds. The number of H-pyrrole nitrogens is 1. The molecule has 1 N–H and O–H groups in total. The van der Waals surface area contributed by atoms with Crippen molar-refractivity contribution < 1.29 is 9.53 Å². The summed E-state index contributed by atoms with van der Waals surface area (Å²) in [6.07, 6.45) is 2.01. The number of aromatic nitrogens is 1. The highest BCUT2D eigenvalue weighted by Crippen LogP contribution is 2.36. The van der Waals surface area contributed by atoms with Gasteiger partial charge < -0.3 is 14.6 Å². The van der Waals surface area contributed by atoms with Crippen molar-refractivity contribution in [3.05, 3.63) is 88.2 Å². The molecule has 2 heterocycles. The number of para-hydroxylation sites is 1. The van der Waals surface area contributed by atoms with Crippen LogP contribution in [0.5, 0.6) is 5.75 Å². The molecule has 2 aromatic heterocycles. The Labute approximate surface area is 162 Å². The number of hydrogen-bond donors (Lipinski definition) is 1. The molecule has 5 heteroatoms. The number of amides is 1. The smallest absolute Gasteiger partial charge is 0.254 e. The standard InChI is InChI=1S/C22H20N2O2S/c1-24(22(25)15-9-11-16(26-2)12-10-15)21(20-8-5-13-27-20)18-14-23-19-7-4-3-6-17(18)19/h3-14,21,23H,1-2H3/t21-/m1/s1. The summed E-state index contributed by atoms with van der Waals surface area (Å²) >= 11 is 1.66. The highest BCUT2D eigenvalue weighted by molar-refractivity contribution is 7.10. The first-order valence-corrected chi connectivity index (χ1v) is 9.57. The van der Waals surface area contributed by atoms with Gasteiger partial charge in [-0.2, -0.15) is 0 Å². The van der Waals surface area contributed by atoms with Gasteiger partial charge in [-0.3, -0.25) is 4.79 Å². The zero-order valence-electron chi connectivity index (χ0n) is 15.2. The van der Waals surface area contributed by atoms with E-state index in [1.165, 1.54) is 0 Å². The molecule has 0 bridgehead atoms. The van der Waals surface area contributed by atoms with Crippen LogP contribution in [0.25, 0.3) is 10.9 Å². The van der Waals surface area contributed by atoms with Gasteiger partial charge in [0.15, 0.2) is 0 Å². The Morgan fingerprint density at radius 2 is 1.85 bits per heavy atom. The minimum Gasteiger partial charge on any atom is -0.497 e. The molecule has 1 atom stereocenters. The Morgan fingerprint density at radius 3 is 2.56 bits per heavy atom. The van der Waals surface area contributed by atoms with Crippen molar-refractivity contribution in [3.63, 3.8) is 0 Å². The highest BCUT2D eigenvalue weighted by Gasteiger charge is 2.27. The van der Waals surface area contributed by atoms with Crippen molar-refractivity contribution >= 4 is 28.1 Å². The number of benzene rings is 2. The lowest BCUT2D eigenvalue weighted by atomic mass is 10.0. The summed E-state index contributed by atoms with van der Waals surface area (Å²) in [6.45, 7) is 0. The van der Waals surface area contributed by atoms with Gasteiger partial charge >= 0.3 is 0 Å². The average Bonchev–Trinajstić information content (AvgIpc) is 3.39. The lowest BCUT2D eigenvalue weighted by molar-refractivity contribution is 0.0758. The first-order chi connectivity index (χ1) is 13.2. The fourth-order valence-electron chi connectivity index (χ4n) is 3.37. The maximum absolute atomic E-state index is 13.2. The molecule has 136 valence electrons. The second-order valence-electron chi connectivity index (χ2n) is 6.35. The number of carbonyl (C=O) groups excluding carboxylic acids is 1. The van der Waals surface area contributed by atoms with Crippen LogP contribution in [0.4, 0.5) is 0 Å². The summed E-state index contributed by atoms with van der Waals surface area (Å²) in [6, 6.07) is 19.4. The quantitative estimate of drug-likeness (QED) is 0.527. The third-order valence-corrected chi connectivity index (χ3v) is 5.70. The zero-order valence-corrected chi connectivity index (χ0v) is 16.0. The lowest BCUT2D eigenvalue weighted by Gasteiger charge is -2.27. The van der Waals surface area contributed by atoms with E-state index in [4.69, 9.17) is 4.74 Å². The third-order valence-electron chi connectivity index (χ3n) is 4.77. The van der Waals surface area contributed by atoms with Crippen LogP contribution in [0.1, 0.15) is 26.8 Å². The molecule has 0 saturated heterocycles. The second-order valence-corrected chi connectivity index (χ2v) is 7.33. The molecule has 4 rings (SSSR count). The van der Waals surface area contributed by atoms with E-state index in [1.54, 1.807) is 30.6 Å². The molecule has 0 aliphatic carbocycles. The number of aromatic amines is 1. The molecule has 4 nitrogen and oxygen atoms in total. The maximum Gasteiger partial charge on any atom is 0.254 e. The predicted octanol–water partition coefficient (Wildman–Crippen LogP) is 5.10. The van der Waals surface area contributed by atoms with Crippen LogP contribution >= 0.6 is 11.3 Å². The van der Waals surface area contributed by atoms with E-state index in [1.807, 2.05) is 53.9 Å². The van der Waals surface area contributed by atoms with Crippen LogP contribution in [-0.2, 0) is 0 Å². The summed E-state index contributed by atoms with van der Waals surface area (Å²) in [4.78, 5) is 19.5. The minimum absolute atomic E-state index is 0.0265. The summed E-state index contributed by atoms with van der Waals surface area (Å²) in [7, 11) is 3.48. The van der Waals surface area contributed by atoms with E-state index < -0.39 is 0 Å². The van der Waals surface area contributed by atoms with Crippen molar-refractivity contribution in [2.45, 2.75) is 6.04 Å². The molecule has 0 aliphatic rings. The Balaban J connectivity index is 1.75. The number of fused-ring (bicyclic) bond motifs is 1. The number of nitrogens with one attached hydrogen (secondary N) is 1. The number of carbonyl (C=O) groups is 1. The maximum atomic E-state index is 13.2. The summed E-state index contributed by atoms with van der Waals surface area (Å²) in [5.41, 5.74) is 2.80. The molecule has 4 aromatic rings. The molecule has 0 aliphatic heterocycles. The number of methoxy groups -OCH3 is 1. The fraction of sp³-hybridized carbons (Fsp3) is 0.136. The Kier molecular flexibility index (Phi) is 4.69. The van der Waals surface area contributed by atoms with Crippen LogP contribution < -0.4 is 4.74 Å². The molecule has 27 heavy (non-hydrogen) atoms. The van der Waals surface area contributed by atoms with Gasteiger partial charge in [0.05, 0.1) is 13.2 Å². The van der Waals surface area contributed by atoms with Crippen LogP contribution in [0.3, 0.4) is 0 Å². The Morgan fingerprint density at radius 1 is 1.07 bits per heavy atom. The molecular weight excluding hydrogens is 356 g/mol. The Hall–Kier alpha value is -3.05. The van der Waals surface area contributed by atoms with Crippen LogP contribution in [-0.4, -0.2) is 29.9 Å². The van der Waals surface area contributed by atoms with Crippen molar-refractivity contribution in [1.29, 1.82) is 0 Å². The predicted molar refractivity (Wildman–Crippen MR) is 110 cm³/mol. The van der Waals surface area contributed by atoms with Gasteiger partial charge in [0.25, 0.3) is 5.91 Å². The number of rotatable bonds is 5. The first-order valence-electron chi connectivity index (χ1n) is 8.69. The summed E-state index contributed by atoms with van der Waals surface area (Å²) < 4.78 is 5.20. The van der Waals surface area contributed by atoms with Gasteiger partial charge in [-0.15, -0.1) is 11.3 Å². The molecular formula is C22H20N2O2S. The van der Waals surface area contributed by atoms with Gasteiger partial charge in [-0.05, 0) is 41.8 Å². The Bertz CT molecular complexity index is 1050. The number of thiophene rings is 1. The second kappa shape index (κ2) is 7.29. The SMILES string of the molecule is COc1ccc(C(=O)N(C)[C@@H](c2cccs2)c2c[nH]c3ccccc23)cc1. The molecule has 0 radical (unpaired) electrons. The zero-order chi connectivity index (χ0) is 18.8. The fourth-order valence-corrected chi connectivity index (χ4v) is 4.26. The first kappa shape index (κ1) is 17.4. The van der Waals surface area contributed by atoms with Crippen LogP contribution in [0.15, 0.2) is 72.2 Å². The third kappa shape index (κ3) is 3.22. The average molecular weight is 376 g/mol. The van der Waals surface area contributed by atoms with Gasteiger partial charge in [0.2, 0.25) is 0 Å². The van der Waals surface area contributed by atoms with Crippen LogP contribution in [0.2, 0.25) is 0 Å². The molecule has 2 aromatic carbocycles.